The summed E-state index contributed by atoms with van der Waals surface area (Å²) in [6, 6.07) is 3.20. The second kappa shape index (κ2) is 9.32. The average molecular weight is 432 g/mol. The maximum Gasteiger partial charge on any atom is 0.253 e. The number of primary amides is 1. The van der Waals surface area contributed by atoms with E-state index in [1.165, 1.54) is 23.5 Å². The molecule has 3 aliphatic rings. The zero-order chi connectivity index (χ0) is 22.0. The van der Waals surface area contributed by atoms with Crippen molar-refractivity contribution >= 4 is 29.1 Å². The van der Waals surface area contributed by atoms with E-state index in [9.17, 15) is 18.8 Å². The number of nitrogens with two attached hydrogens (primary N) is 1. The van der Waals surface area contributed by atoms with Crippen LogP contribution >= 0.6 is 0 Å². The summed E-state index contributed by atoms with van der Waals surface area (Å²) in [7, 11) is 0. The molecule has 1 aliphatic heterocycles. The van der Waals surface area contributed by atoms with Crippen molar-refractivity contribution < 1.29 is 23.5 Å². The fourth-order valence-corrected chi connectivity index (χ4v) is 4.37. The van der Waals surface area contributed by atoms with E-state index in [0.717, 1.165) is 32.1 Å². The minimum Gasteiger partial charge on any atom is -0.370 e. The van der Waals surface area contributed by atoms with Gasteiger partial charge in [-0.05, 0) is 49.8 Å². The van der Waals surface area contributed by atoms with E-state index in [1.807, 2.05) is 4.90 Å². The van der Waals surface area contributed by atoms with Gasteiger partial charge in [0.15, 0.2) is 6.04 Å². The van der Waals surface area contributed by atoms with Crippen LogP contribution in [-0.4, -0.2) is 61.0 Å². The first-order valence-electron chi connectivity index (χ1n) is 11.0. The van der Waals surface area contributed by atoms with Gasteiger partial charge in [0, 0.05) is 24.8 Å². The highest BCUT2D eigenvalue weighted by Crippen LogP contribution is 2.33. The van der Waals surface area contributed by atoms with Crippen molar-refractivity contribution in [2.24, 2.45) is 11.7 Å². The Morgan fingerprint density at radius 1 is 1.26 bits per heavy atom. The summed E-state index contributed by atoms with van der Waals surface area (Å²) >= 11 is 0. The molecule has 0 unspecified atom stereocenters. The number of rotatable bonds is 8. The number of hydrogen-bond donors (Lipinski definition) is 2. The Morgan fingerprint density at radius 3 is 2.55 bits per heavy atom. The monoisotopic (exact) mass is 432 g/mol. The lowest BCUT2D eigenvalue weighted by Gasteiger charge is -2.43. The van der Waals surface area contributed by atoms with Crippen molar-refractivity contribution in [2.45, 2.75) is 50.6 Å². The zero-order valence-corrected chi connectivity index (χ0v) is 17.5. The Balaban J connectivity index is 1.49. The zero-order valence-electron chi connectivity index (χ0n) is 17.5. The Morgan fingerprint density at radius 2 is 2.00 bits per heavy atom. The van der Waals surface area contributed by atoms with Crippen LogP contribution in [0.25, 0.3) is 0 Å². The molecule has 0 radical (unpaired) electrons. The van der Waals surface area contributed by atoms with Gasteiger partial charge in [0.1, 0.15) is 12.4 Å². The predicted molar refractivity (Wildman–Crippen MR) is 113 cm³/mol. The third-order valence-electron chi connectivity index (χ3n) is 6.60. The highest BCUT2D eigenvalue weighted by molar-refractivity contribution is 6.09. The first-order valence-corrected chi connectivity index (χ1v) is 11.0. The lowest BCUT2D eigenvalue weighted by molar-refractivity contribution is -0.135. The molecule has 3 N–H and O–H groups in total. The Labute approximate surface area is 180 Å². The number of amides is 3. The number of carbonyl (C=O) groups is 3. The maximum atomic E-state index is 14.8. The standard InChI is InChI=1S/C22H29FN4O4/c23-17-11-16(26-9-10-31-13-19(26)28)7-8-18(17)25-22(30)20(21(24)29)27(15-5-2-6-15)12-14-3-1-4-14/h7-8,11,14-15,20H,1-6,9-10,12-13H2,(H2,24,29)(H,25,30)/t20-/m1/s1. The number of nitrogens with zero attached hydrogens (tertiary/aromatic N) is 2. The van der Waals surface area contributed by atoms with Crippen LogP contribution in [0.5, 0.6) is 0 Å². The van der Waals surface area contributed by atoms with E-state index in [2.05, 4.69) is 5.32 Å². The molecule has 8 nitrogen and oxygen atoms in total. The fourth-order valence-electron chi connectivity index (χ4n) is 4.37. The highest BCUT2D eigenvalue weighted by atomic mass is 19.1. The molecule has 1 atom stereocenters. The summed E-state index contributed by atoms with van der Waals surface area (Å²) in [4.78, 5) is 40.6. The smallest absolute Gasteiger partial charge is 0.253 e. The number of benzene rings is 1. The van der Waals surface area contributed by atoms with Crippen molar-refractivity contribution in [1.82, 2.24) is 4.90 Å². The van der Waals surface area contributed by atoms with Gasteiger partial charge in [0.2, 0.25) is 5.91 Å². The van der Waals surface area contributed by atoms with E-state index in [1.54, 1.807) is 6.07 Å². The number of carbonyl (C=O) groups excluding carboxylic acids is 3. The summed E-state index contributed by atoms with van der Waals surface area (Å²) in [6.07, 6.45) is 6.27. The predicted octanol–water partition coefficient (Wildman–Crippen LogP) is 1.64. The summed E-state index contributed by atoms with van der Waals surface area (Å²) in [5.41, 5.74) is 5.98. The second-order valence-corrected chi connectivity index (χ2v) is 8.63. The van der Waals surface area contributed by atoms with Crippen LogP contribution in [0.3, 0.4) is 0 Å². The largest absolute Gasteiger partial charge is 0.370 e. The van der Waals surface area contributed by atoms with E-state index in [4.69, 9.17) is 10.5 Å². The van der Waals surface area contributed by atoms with Crippen LogP contribution in [0, 0.1) is 11.7 Å². The van der Waals surface area contributed by atoms with E-state index < -0.39 is 23.7 Å². The summed E-state index contributed by atoms with van der Waals surface area (Å²) in [5, 5.41) is 2.54. The lowest BCUT2D eigenvalue weighted by atomic mass is 9.82. The maximum absolute atomic E-state index is 14.8. The molecule has 168 valence electrons. The molecule has 0 bridgehead atoms. The van der Waals surface area contributed by atoms with Gasteiger partial charge in [-0.25, -0.2) is 4.39 Å². The molecule has 1 aromatic rings. The molecular formula is C22H29FN4O4. The molecule has 3 fully saturated rings. The third kappa shape index (κ3) is 4.72. The molecule has 2 aliphatic carbocycles. The second-order valence-electron chi connectivity index (χ2n) is 8.63. The number of hydrogen-bond acceptors (Lipinski definition) is 5. The van der Waals surface area contributed by atoms with Crippen molar-refractivity contribution in [1.29, 1.82) is 0 Å². The molecular weight excluding hydrogens is 403 g/mol. The Kier molecular flexibility index (Phi) is 6.52. The molecule has 9 heteroatoms. The topological polar surface area (TPSA) is 105 Å². The van der Waals surface area contributed by atoms with Crippen LogP contribution in [-0.2, 0) is 19.1 Å². The SMILES string of the molecule is NC(=O)[C@H](C(=O)Nc1ccc(N2CCOCC2=O)cc1F)N(CC1CCC1)C1CCC1. The van der Waals surface area contributed by atoms with Crippen LogP contribution in [0.4, 0.5) is 15.8 Å². The fraction of sp³-hybridized carbons (Fsp3) is 0.591. The number of morpholine rings is 1. The average Bonchev–Trinajstić information content (AvgIpc) is 2.65. The van der Waals surface area contributed by atoms with Gasteiger partial charge in [-0.1, -0.05) is 12.8 Å². The molecule has 1 heterocycles. The molecule has 1 saturated heterocycles. The van der Waals surface area contributed by atoms with Gasteiger partial charge in [-0.15, -0.1) is 0 Å². The minimum atomic E-state index is -1.13. The van der Waals surface area contributed by atoms with Crippen LogP contribution in [0.15, 0.2) is 18.2 Å². The number of halogens is 1. The van der Waals surface area contributed by atoms with Crippen molar-refractivity contribution in [3.63, 3.8) is 0 Å². The van der Waals surface area contributed by atoms with Crippen molar-refractivity contribution in [3.8, 4) is 0 Å². The lowest BCUT2D eigenvalue weighted by Crippen LogP contribution is -2.58. The van der Waals surface area contributed by atoms with Gasteiger partial charge in [0.05, 0.1) is 12.3 Å². The molecule has 31 heavy (non-hydrogen) atoms. The Bertz CT molecular complexity index is 856. The first kappa shape index (κ1) is 21.7. The molecule has 0 spiro atoms. The van der Waals surface area contributed by atoms with E-state index in [-0.39, 0.29) is 24.2 Å². The van der Waals surface area contributed by atoms with Gasteiger partial charge in [-0.3, -0.25) is 19.3 Å². The molecule has 3 amide bonds. The van der Waals surface area contributed by atoms with Gasteiger partial charge >= 0.3 is 0 Å². The highest BCUT2D eigenvalue weighted by Gasteiger charge is 2.40. The normalized spacial score (nSPS) is 20.8. The number of ether oxygens (including phenoxy) is 1. The van der Waals surface area contributed by atoms with Crippen LogP contribution in [0.1, 0.15) is 38.5 Å². The Hall–Kier alpha value is -2.52. The first-order chi connectivity index (χ1) is 14.9. The summed E-state index contributed by atoms with van der Waals surface area (Å²) in [6.45, 7) is 1.33. The third-order valence-corrected chi connectivity index (χ3v) is 6.60. The molecule has 1 aromatic carbocycles. The number of nitrogens with one attached hydrogen (secondary N) is 1. The molecule has 4 rings (SSSR count). The van der Waals surface area contributed by atoms with Gasteiger partial charge < -0.3 is 20.7 Å². The van der Waals surface area contributed by atoms with Crippen molar-refractivity contribution in [2.75, 3.05) is 36.5 Å². The van der Waals surface area contributed by atoms with Gasteiger partial charge in [0.25, 0.3) is 11.8 Å². The van der Waals surface area contributed by atoms with Crippen LogP contribution in [0.2, 0.25) is 0 Å². The minimum absolute atomic E-state index is 0.0433. The summed E-state index contributed by atoms with van der Waals surface area (Å²) < 4.78 is 19.8. The van der Waals surface area contributed by atoms with Crippen LogP contribution < -0.4 is 16.0 Å². The van der Waals surface area contributed by atoms with E-state index >= 15 is 0 Å². The summed E-state index contributed by atoms with van der Waals surface area (Å²) in [5.74, 6) is -1.80. The molecule has 2 saturated carbocycles. The quantitative estimate of drug-likeness (QED) is 0.608. The molecule has 0 aromatic heterocycles. The van der Waals surface area contributed by atoms with Gasteiger partial charge in [-0.2, -0.15) is 0 Å². The number of anilines is 2. The van der Waals surface area contributed by atoms with Crippen molar-refractivity contribution in [3.05, 3.63) is 24.0 Å². The van der Waals surface area contributed by atoms with E-state index in [0.29, 0.717) is 31.3 Å².